The molecule has 4 N–H and O–H groups in total. The van der Waals surface area contributed by atoms with Crippen molar-refractivity contribution in [2.24, 2.45) is 12.8 Å². The Balaban J connectivity index is 1.35. The molecule has 1 aliphatic heterocycles. The first-order valence-corrected chi connectivity index (χ1v) is 13.0. The van der Waals surface area contributed by atoms with Crippen molar-refractivity contribution < 1.29 is 23.5 Å². The number of halogens is 2. The lowest BCUT2D eigenvalue weighted by Gasteiger charge is -2.27. The van der Waals surface area contributed by atoms with Crippen LogP contribution in [0.5, 0.6) is 0 Å². The van der Waals surface area contributed by atoms with E-state index in [-0.39, 0.29) is 25.1 Å². The first-order chi connectivity index (χ1) is 19.1. The number of nitrogens with two attached hydrogens (primary N) is 1. The van der Waals surface area contributed by atoms with Crippen LogP contribution in [-0.2, 0) is 35.2 Å². The van der Waals surface area contributed by atoms with E-state index in [1.54, 1.807) is 17.8 Å². The first kappa shape index (κ1) is 27.4. The summed E-state index contributed by atoms with van der Waals surface area (Å²) in [6.07, 6.45) is 0.677. The number of hydrogen-bond donors (Lipinski definition) is 3. The van der Waals surface area contributed by atoms with Crippen LogP contribution in [-0.4, -0.2) is 55.4 Å². The molecule has 208 valence electrons. The Morgan fingerprint density at radius 1 is 1.10 bits per heavy atom. The lowest BCUT2D eigenvalue weighted by Crippen LogP contribution is -2.51. The van der Waals surface area contributed by atoms with Crippen molar-refractivity contribution in [3.8, 4) is 0 Å². The molecule has 1 aromatic heterocycles. The quantitative estimate of drug-likeness (QED) is 0.310. The van der Waals surface area contributed by atoms with Crippen LogP contribution < -0.4 is 11.1 Å². The molecule has 0 radical (unpaired) electrons. The minimum absolute atomic E-state index is 0.0745. The molecule has 9 nitrogen and oxygen atoms in total. The maximum absolute atomic E-state index is 14.0. The molecule has 0 saturated carbocycles. The van der Waals surface area contributed by atoms with Crippen LogP contribution in [0.15, 0.2) is 66.7 Å². The fraction of sp³-hybridized carbons (Fsp3) is 0.310. The highest BCUT2D eigenvalue weighted by Crippen LogP contribution is 2.37. The first-order valence-electron chi connectivity index (χ1n) is 13.0. The van der Waals surface area contributed by atoms with Crippen LogP contribution in [0.4, 0.5) is 8.78 Å². The molecule has 1 aliphatic rings. The molecule has 0 bridgehead atoms. The molecule has 2 heterocycles. The Morgan fingerprint density at radius 2 is 1.88 bits per heavy atom. The van der Waals surface area contributed by atoms with Crippen LogP contribution in [0.3, 0.4) is 0 Å². The van der Waals surface area contributed by atoms with Gasteiger partial charge < -0.3 is 21.1 Å². The Hall–Kier alpha value is -4.22. The van der Waals surface area contributed by atoms with Gasteiger partial charge in [-0.2, -0.15) is 0 Å². The highest BCUT2D eigenvalue weighted by atomic mass is 19.2. The normalized spacial score (nSPS) is 19.6. The van der Waals surface area contributed by atoms with Gasteiger partial charge in [0.15, 0.2) is 11.6 Å². The number of likely N-dealkylation sites (tertiary alicyclic amines) is 1. The molecule has 0 unspecified atom stereocenters. The van der Waals surface area contributed by atoms with Gasteiger partial charge in [-0.05, 0) is 53.8 Å². The largest absolute Gasteiger partial charge is 0.383 e. The molecule has 0 spiro atoms. The van der Waals surface area contributed by atoms with E-state index in [1.807, 2.05) is 42.5 Å². The van der Waals surface area contributed by atoms with Gasteiger partial charge in [0.25, 0.3) is 0 Å². The minimum Gasteiger partial charge on any atom is -0.383 e. The number of aryl methyl sites for hydroxylation is 2. The van der Waals surface area contributed by atoms with Crippen molar-refractivity contribution in [2.45, 2.75) is 43.5 Å². The number of carbonyl (C=O) groups is 2. The van der Waals surface area contributed by atoms with Crippen LogP contribution in [0.25, 0.3) is 11.0 Å². The van der Waals surface area contributed by atoms with Crippen molar-refractivity contribution in [1.29, 1.82) is 0 Å². The fourth-order valence-electron chi connectivity index (χ4n) is 5.15. The average molecular weight is 549 g/mol. The van der Waals surface area contributed by atoms with E-state index in [4.69, 9.17) is 5.73 Å². The summed E-state index contributed by atoms with van der Waals surface area (Å²) in [5, 5.41) is 22.4. The number of aliphatic hydroxyl groups is 1. The van der Waals surface area contributed by atoms with Crippen molar-refractivity contribution in [2.75, 3.05) is 6.54 Å². The highest BCUT2D eigenvalue weighted by molar-refractivity contribution is 5.90. The lowest BCUT2D eigenvalue weighted by atomic mass is 9.91. The van der Waals surface area contributed by atoms with Crippen molar-refractivity contribution in [3.63, 3.8) is 0 Å². The molecule has 4 aromatic rings. The lowest BCUT2D eigenvalue weighted by molar-refractivity contribution is -0.139. The van der Waals surface area contributed by atoms with Crippen molar-refractivity contribution >= 4 is 22.8 Å². The van der Waals surface area contributed by atoms with Gasteiger partial charge in [-0.1, -0.05) is 47.7 Å². The number of nitrogens with one attached hydrogen (secondary N) is 1. The van der Waals surface area contributed by atoms with E-state index >= 15 is 0 Å². The molecule has 3 atom stereocenters. The molecule has 40 heavy (non-hydrogen) atoms. The Labute approximate surface area is 229 Å². The Morgan fingerprint density at radius 3 is 2.62 bits per heavy atom. The molecule has 1 fully saturated rings. The number of carbonyl (C=O) groups excluding carboxylic acids is 2. The molecule has 1 saturated heterocycles. The maximum atomic E-state index is 14.0. The zero-order chi connectivity index (χ0) is 28.4. The van der Waals surface area contributed by atoms with Gasteiger partial charge in [0.1, 0.15) is 17.2 Å². The summed E-state index contributed by atoms with van der Waals surface area (Å²) >= 11 is 0. The monoisotopic (exact) mass is 548 g/mol. The van der Waals surface area contributed by atoms with Gasteiger partial charge in [-0.3, -0.25) is 9.59 Å². The SMILES string of the molecule is Cn1nnc2cc(CNC(=O)[C@@H]3C[C@@](O)(c4ccc(F)c(F)c4)CN3C(=O)[C@H](N)CCc3ccccc3)ccc21. The van der Waals surface area contributed by atoms with Crippen LogP contribution in [0.1, 0.15) is 29.5 Å². The molecule has 5 rings (SSSR count). The fourth-order valence-corrected chi connectivity index (χ4v) is 5.15. The van der Waals surface area contributed by atoms with Crippen LogP contribution in [0.2, 0.25) is 0 Å². The van der Waals surface area contributed by atoms with E-state index in [0.29, 0.717) is 18.4 Å². The summed E-state index contributed by atoms with van der Waals surface area (Å²) in [5.41, 5.74) is 7.86. The van der Waals surface area contributed by atoms with Crippen LogP contribution in [0, 0.1) is 11.6 Å². The summed E-state index contributed by atoms with van der Waals surface area (Å²) in [4.78, 5) is 28.2. The number of fused-ring (bicyclic) bond motifs is 1. The third kappa shape index (κ3) is 5.56. The molecule has 0 aliphatic carbocycles. The summed E-state index contributed by atoms with van der Waals surface area (Å²) in [6, 6.07) is 16.1. The van der Waals surface area contributed by atoms with Gasteiger partial charge in [0, 0.05) is 20.0 Å². The second kappa shape index (κ2) is 11.1. The predicted octanol–water partition coefficient (Wildman–Crippen LogP) is 2.31. The minimum atomic E-state index is -1.77. The summed E-state index contributed by atoms with van der Waals surface area (Å²) < 4.78 is 29.3. The van der Waals surface area contributed by atoms with E-state index in [1.165, 1.54) is 11.0 Å². The number of benzene rings is 3. The number of nitrogens with zero attached hydrogens (tertiary/aromatic N) is 4. The predicted molar refractivity (Wildman–Crippen MR) is 143 cm³/mol. The van der Waals surface area contributed by atoms with Crippen molar-refractivity contribution in [3.05, 3.63) is 95.1 Å². The molecule has 2 amide bonds. The van der Waals surface area contributed by atoms with E-state index in [9.17, 15) is 23.5 Å². The number of aromatic nitrogens is 3. The third-order valence-corrected chi connectivity index (χ3v) is 7.43. The molecule has 11 heteroatoms. The summed E-state index contributed by atoms with van der Waals surface area (Å²) in [7, 11) is 1.78. The van der Waals surface area contributed by atoms with E-state index < -0.39 is 41.1 Å². The maximum Gasteiger partial charge on any atom is 0.243 e. The molecular formula is C29H30F2N6O3. The van der Waals surface area contributed by atoms with Gasteiger partial charge in [0.05, 0.1) is 18.1 Å². The van der Waals surface area contributed by atoms with Gasteiger partial charge >= 0.3 is 0 Å². The van der Waals surface area contributed by atoms with Crippen molar-refractivity contribution in [1.82, 2.24) is 25.2 Å². The second-order valence-corrected chi connectivity index (χ2v) is 10.2. The number of hydrogen-bond acceptors (Lipinski definition) is 6. The Bertz CT molecular complexity index is 1550. The summed E-state index contributed by atoms with van der Waals surface area (Å²) in [5.74, 6) is -3.19. The number of amides is 2. The second-order valence-electron chi connectivity index (χ2n) is 10.2. The zero-order valence-corrected chi connectivity index (χ0v) is 21.9. The van der Waals surface area contributed by atoms with Gasteiger partial charge in [-0.15, -0.1) is 5.10 Å². The zero-order valence-electron chi connectivity index (χ0n) is 21.9. The highest BCUT2D eigenvalue weighted by Gasteiger charge is 2.49. The summed E-state index contributed by atoms with van der Waals surface area (Å²) in [6.45, 7) is -0.146. The average Bonchev–Trinajstić information content (AvgIpc) is 3.52. The van der Waals surface area contributed by atoms with E-state index in [2.05, 4.69) is 15.6 Å². The third-order valence-electron chi connectivity index (χ3n) is 7.43. The Kier molecular flexibility index (Phi) is 7.59. The standard InChI is InChI=1S/C29H30F2N6O3/c1-36-25-12-8-19(13-24(25)34-35-36)16-33-27(38)26-15-29(40,20-9-10-21(30)22(31)14-20)17-37(26)28(39)23(32)11-7-18-5-3-2-4-6-18/h2-6,8-10,12-14,23,26,40H,7,11,15-17,32H2,1H3,(H,33,38)/t23-,26+,29+/m1/s1. The van der Waals surface area contributed by atoms with E-state index in [0.717, 1.165) is 28.8 Å². The molecule has 3 aromatic carbocycles. The van der Waals surface area contributed by atoms with Crippen LogP contribution >= 0.6 is 0 Å². The molecular weight excluding hydrogens is 518 g/mol. The number of β-amino-alcohol motifs (C(OH)–C–C–N with tert-alkyl or cyclic N) is 1. The smallest absolute Gasteiger partial charge is 0.243 e. The number of rotatable bonds is 8. The topological polar surface area (TPSA) is 126 Å². The van der Waals surface area contributed by atoms with Gasteiger partial charge in [0.2, 0.25) is 11.8 Å². The van der Waals surface area contributed by atoms with Gasteiger partial charge in [-0.25, -0.2) is 13.5 Å².